The van der Waals surface area contributed by atoms with Gasteiger partial charge in [0.2, 0.25) is 5.89 Å². The number of rotatable bonds is 5. The molecule has 0 atom stereocenters. The summed E-state index contributed by atoms with van der Waals surface area (Å²) in [6.07, 6.45) is 0.615. The van der Waals surface area contributed by atoms with Gasteiger partial charge in [-0.25, -0.2) is 0 Å². The minimum absolute atomic E-state index is 0.513. The molecule has 1 heterocycles. The van der Waals surface area contributed by atoms with E-state index in [0.717, 1.165) is 9.92 Å². The molecule has 90 valence electrons. The van der Waals surface area contributed by atoms with Crippen molar-refractivity contribution in [3.8, 4) is 0 Å². The first-order valence-electron chi connectivity index (χ1n) is 5.18. The van der Waals surface area contributed by atoms with Crippen molar-refractivity contribution in [3.63, 3.8) is 0 Å². The molecule has 4 nitrogen and oxygen atoms in total. The van der Waals surface area contributed by atoms with Crippen LogP contribution in [0.5, 0.6) is 0 Å². The van der Waals surface area contributed by atoms with E-state index in [2.05, 4.69) is 10.1 Å². The maximum Gasteiger partial charge on any atom is 0.227 e. The van der Waals surface area contributed by atoms with Crippen LogP contribution in [0.3, 0.4) is 0 Å². The van der Waals surface area contributed by atoms with Gasteiger partial charge in [-0.2, -0.15) is 4.98 Å². The van der Waals surface area contributed by atoms with Gasteiger partial charge in [0.25, 0.3) is 0 Å². The third-order valence-corrected chi connectivity index (χ3v) is 3.57. The summed E-state index contributed by atoms with van der Waals surface area (Å²) >= 11 is 7.63. The van der Waals surface area contributed by atoms with Crippen LogP contribution >= 0.6 is 23.4 Å². The summed E-state index contributed by atoms with van der Waals surface area (Å²) in [5.74, 6) is 1.89. The Kier molecular flexibility index (Phi) is 4.42. The van der Waals surface area contributed by atoms with E-state index in [1.54, 1.807) is 11.8 Å². The fourth-order valence-corrected chi connectivity index (χ4v) is 2.36. The minimum atomic E-state index is 0.513. The van der Waals surface area contributed by atoms with Crippen LogP contribution in [0.4, 0.5) is 0 Å². The smallest absolute Gasteiger partial charge is 0.227 e. The largest absolute Gasteiger partial charge is 0.339 e. The fourth-order valence-electron chi connectivity index (χ4n) is 1.28. The third kappa shape index (κ3) is 3.46. The maximum atomic E-state index is 6.04. The molecule has 0 aliphatic rings. The van der Waals surface area contributed by atoms with E-state index in [-0.39, 0.29) is 0 Å². The molecule has 0 amide bonds. The van der Waals surface area contributed by atoms with Gasteiger partial charge in [-0.05, 0) is 12.1 Å². The Hall–Kier alpha value is -1.04. The number of thioether (sulfide) groups is 1. The predicted octanol–water partition coefficient (Wildman–Crippen LogP) is 2.52. The number of hydrogen-bond acceptors (Lipinski definition) is 5. The van der Waals surface area contributed by atoms with Crippen molar-refractivity contribution in [2.24, 2.45) is 5.73 Å². The highest BCUT2D eigenvalue weighted by atomic mass is 35.5. The molecule has 1 aromatic carbocycles. The second-order valence-electron chi connectivity index (χ2n) is 3.36. The molecule has 0 saturated carbocycles. The van der Waals surface area contributed by atoms with Crippen LogP contribution in [0.2, 0.25) is 5.02 Å². The van der Waals surface area contributed by atoms with Crippen LogP contribution < -0.4 is 5.73 Å². The topological polar surface area (TPSA) is 64.9 Å². The summed E-state index contributed by atoms with van der Waals surface area (Å²) in [7, 11) is 0. The fraction of sp³-hybridized carbons (Fsp3) is 0.273. The average molecular weight is 270 g/mol. The van der Waals surface area contributed by atoms with Gasteiger partial charge in [0.05, 0.1) is 10.8 Å². The molecule has 0 unspecified atom stereocenters. The molecule has 0 spiro atoms. The molecule has 0 fully saturated rings. The highest BCUT2D eigenvalue weighted by Crippen LogP contribution is 2.28. The summed E-state index contributed by atoms with van der Waals surface area (Å²) in [6.45, 7) is 0.513. The Labute approximate surface area is 109 Å². The van der Waals surface area contributed by atoms with Crippen LogP contribution in [0, 0.1) is 0 Å². The molecule has 0 bridgehead atoms. The van der Waals surface area contributed by atoms with Crippen molar-refractivity contribution in [3.05, 3.63) is 41.0 Å². The predicted molar refractivity (Wildman–Crippen MR) is 68.1 cm³/mol. The molecule has 1 aromatic heterocycles. The number of nitrogens with two attached hydrogens (primary N) is 1. The zero-order chi connectivity index (χ0) is 12.1. The molecule has 2 N–H and O–H groups in total. The summed E-state index contributed by atoms with van der Waals surface area (Å²) in [4.78, 5) is 5.24. The number of hydrogen-bond donors (Lipinski definition) is 1. The van der Waals surface area contributed by atoms with E-state index >= 15 is 0 Å². The van der Waals surface area contributed by atoms with Crippen LogP contribution in [0.15, 0.2) is 33.7 Å². The SMILES string of the molecule is NCCc1nc(CSc2ccccc2Cl)no1. The van der Waals surface area contributed by atoms with Crippen LogP contribution in [-0.4, -0.2) is 16.7 Å². The first kappa shape index (κ1) is 12.4. The Morgan fingerprint density at radius 3 is 2.94 bits per heavy atom. The van der Waals surface area contributed by atoms with Crippen LogP contribution in [-0.2, 0) is 12.2 Å². The molecule has 2 aromatic rings. The van der Waals surface area contributed by atoms with Crippen molar-refractivity contribution in [2.45, 2.75) is 17.1 Å². The van der Waals surface area contributed by atoms with E-state index in [0.29, 0.717) is 30.4 Å². The summed E-state index contributed by atoms with van der Waals surface area (Å²) in [6, 6.07) is 7.68. The highest BCUT2D eigenvalue weighted by Gasteiger charge is 2.07. The number of benzene rings is 1. The third-order valence-electron chi connectivity index (χ3n) is 2.06. The van der Waals surface area contributed by atoms with Gasteiger partial charge in [0, 0.05) is 17.9 Å². The molecular formula is C11H12ClN3OS. The van der Waals surface area contributed by atoms with Gasteiger partial charge in [-0.15, -0.1) is 11.8 Å². The Morgan fingerprint density at radius 2 is 2.18 bits per heavy atom. The molecule has 0 aliphatic heterocycles. The van der Waals surface area contributed by atoms with Gasteiger partial charge in [0.15, 0.2) is 5.82 Å². The summed E-state index contributed by atoms with van der Waals surface area (Å²) in [5.41, 5.74) is 5.40. The first-order chi connectivity index (χ1) is 8.29. The zero-order valence-corrected chi connectivity index (χ0v) is 10.7. The Balaban J connectivity index is 1.95. The summed E-state index contributed by atoms with van der Waals surface area (Å²) in [5, 5.41) is 4.61. The summed E-state index contributed by atoms with van der Waals surface area (Å²) < 4.78 is 5.04. The Bertz CT molecular complexity index is 489. The molecule has 0 radical (unpaired) electrons. The first-order valence-corrected chi connectivity index (χ1v) is 6.55. The maximum absolute atomic E-state index is 6.04. The minimum Gasteiger partial charge on any atom is -0.339 e. The lowest BCUT2D eigenvalue weighted by atomic mass is 10.4. The van der Waals surface area contributed by atoms with Gasteiger partial charge in [0.1, 0.15) is 0 Å². The van der Waals surface area contributed by atoms with Crippen molar-refractivity contribution < 1.29 is 4.52 Å². The Morgan fingerprint density at radius 1 is 1.35 bits per heavy atom. The van der Waals surface area contributed by atoms with Crippen LogP contribution in [0.1, 0.15) is 11.7 Å². The zero-order valence-electron chi connectivity index (χ0n) is 9.10. The van der Waals surface area contributed by atoms with Crippen molar-refractivity contribution in [1.82, 2.24) is 10.1 Å². The monoisotopic (exact) mass is 269 g/mol. The standard InChI is InChI=1S/C11H12ClN3OS/c12-8-3-1-2-4-9(8)17-7-10-14-11(5-6-13)16-15-10/h1-4H,5-7,13H2. The van der Waals surface area contributed by atoms with Gasteiger partial charge in [-0.3, -0.25) is 0 Å². The van der Waals surface area contributed by atoms with Crippen molar-refractivity contribution in [1.29, 1.82) is 0 Å². The quantitative estimate of drug-likeness (QED) is 0.845. The van der Waals surface area contributed by atoms with Gasteiger partial charge >= 0.3 is 0 Å². The lowest BCUT2D eigenvalue weighted by Crippen LogP contribution is -2.02. The van der Waals surface area contributed by atoms with E-state index in [9.17, 15) is 0 Å². The molecular weight excluding hydrogens is 258 g/mol. The number of aromatic nitrogens is 2. The van der Waals surface area contributed by atoms with Gasteiger partial charge < -0.3 is 10.3 Å². The van der Waals surface area contributed by atoms with E-state index in [1.807, 2.05) is 24.3 Å². The van der Waals surface area contributed by atoms with Crippen molar-refractivity contribution >= 4 is 23.4 Å². The molecule has 17 heavy (non-hydrogen) atoms. The van der Waals surface area contributed by atoms with Crippen LogP contribution in [0.25, 0.3) is 0 Å². The normalized spacial score (nSPS) is 10.7. The molecule has 6 heteroatoms. The molecule has 2 rings (SSSR count). The van der Waals surface area contributed by atoms with Gasteiger partial charge in [-0.1, -0.05) is 28.9 Å². The lowest BCUT2D eigenvalue weighted by Gasteiger charge is -2.00. The molecule has 0 aliphatic carbocycles. The average Bonchev–Trinajstić information content (AvgIpc) is 2.76. The lowest BCUT2D eigenvalue weighted by molar-refractivity contribution is 0.376. The van der Waals surface area contributed by atoms with E-state index in [4.69, 9.17) is 21.9 Å². The number of halogens is 1. The molecule has 0 saturated heterocycles. The highest BCUT2D eigenvalue weighted by molar-refractivity contribution is 7.98. The van der Waals surface area contributed by atoms with E-state index in [1.165, 1.54) is 0 Å². The second-order valence-corrected chi connectivity index (χ2v) is 4.79. The van der Waals surface area contributed by atoms with E-state index < -0.39 is 0 Å². The second kappa shape index (κ2) is 6.05. The number of nitrogens with zero attached hydrogens (tertiary/aromatic N) is 2. The van der Waals surface area contributed by atoms with Crippen molar-refractivity contribution in [2.75, 3.05) is 6.54 Å².